The molecule has 0 radical (unpaired) electrons. The number of nitrogens with one attached hydrogen (secondary N) is 1. The number of pyridine rings is 1. The van der Waals surface area contributed by atoms with Gasteiger partial charge in [-0.25, -0.2) is 0 Å². The Morgan fingerprint density at radius 1 is 1.00 bits per heavy atom. The van der Waals surface area contributed by atoms with Gasteiger partial charge in [0.05, 0.1) is 5.69 Å². The molecule has 1 aromatic carbocycles. The fourth-order valence-corrected chi connectivity index (χ4v) is 4.35. The quantitative estimate of drug-likeness (QED) is 0.610. The normalized spacial score (nSPS) is 17.5. The van der Waals surface area contributed by atoms with Crippen molar-refractivity contribution in [1.29, 1.82) is 0 Å². The van der Waals surface area contributed by atoms with Crippen molar-refractivity contribution in [3.8, 4) is 0 Å². The van der Waals surface area contributed by atoms with Crippen LogP contribution in [0.5, 0.6) is 0 Å². The molecule has 1 aliphatic carbocycles. The minimum absolute atomic E-state index is 0.826. The van der Waals surface area contributed by atoms with Crippen molar-refractivity contribution in [3.63, 3.8) is 0 Å². The van der Waals surface area contributed by atoms with E-state index in [0.717, 1.165) is 43.8 Å². The summed E-state index contributed by atoms with van der Waals surface area (Å²) >= 11 is 8.61. The highest BCUT2D eigenvalue weighted by Crippen LogP contribution is 2.38. The van der Waals surface area contributed by atoms with E-state index in [9.17, 15) is 0 Å². The Hall–Kier alpha value is -0.910. The first-order valence-corrected chi connectivity index (χ1v) is 9.54. The molecule has 118 valence electrons. The largest absolute Gasteiger partial charge is 0.316 e. The Labute approximate surface area is 155 Å². The number of hydrogen-bond donors (Lipinski definition) is 1. The summed E-state index contributed by atoms with van der Waals surface area (Å²) in [5.41, 5.74) is 8.13. The monoisotopic (exact) mass is 436 g/mol. The first-order chi connectivity index (χ1) is 11.2. The molecule has 4 rings (SSSR count). The Morgan fingerprint density at radius 3 is 2.61 bits per heavy atom. The van der Waals surface area contributed by atoms with Crippen LogP contribution in [0.1, 0.15) is 35.2 Å². The third-order valence-electron chi connectivity index (χ3n) is 4.73. The number of aromatic nitrogens is 1. The lowest BCUT2D eigenvalue weighted by Gasteiger charge is -2.22. The number of nitrogens with zero attached hydrogens (tertiary/aromatic N) is 1. The summed E-state index contributed by atoms with van der Waals surface area (Å²) in [5, 5.41) is 4.28. The lowest BCUT2D eigenvalue weighted by Crippen LogP contribution is -2.24. The fourth-order valence-electron chi connectivity index (χ4n) is 3.64. The molecule has 4 heteroatoms. The van der Waals surface area contributed by atoms with Crippen LogP contribution in [0.3, 0.4) is 0 Å². The van der Waals surface area contributed by atoms with E-state index in [2.05, 4.69) is 46.1 Å². The highest BCUT2D eigenvalue weighted by atomic mass is 127. The summed E-state index contributed by atoms with van der Waals surface area (Å²) in [5.74, 6) is 0. The van der Waals surface area contributed by atoms with Crippen LogP contribution in [0.4, 0.5) is 0 Å². The molecule has 0 bridgehead atoms. The second-order valence-electron chi connectivity index (χ2n) is 6.19. The van der Waals surface area contributed by atoms with Crippen LogP contribution in [0.15, 0.2) is 36.0 Å². The van der Waals surface area contributed by atoms with Crippen molar-refractivity contribution in [2.75, 3.05) is 13.1 Å². The van der Waals surface area contributed by atoms with Gasteiger partial charge in [0.1, 0.15) is 0 Å². The minimum atomic E-state index is 0.826. The minimum Gasteiger partial charge on any atom is -0.316 e. The molecule has 0 unspecified atom stereocenters. The Morgan fingerprint density at radius 2 is 1.78 bits per heavy atom. The van der Waals surface area contributed by atoms with Crippen LogP contribution < -0.4 is 5.32 Å². The molecular weight excluding hydrogens is 419 g/mol. The van der Waals surface area contributed by atoms with E-state index in [1.165, 1.54) is 37.1 Å². The number of hydrogen-bond acceptors (Lipinski definition) is 2. The van der Waals surface area contributed by atoms with Crippen LogP contribution in [-0.2, 0) is 12.8 Å². The van der Waals surface area contributed by atoms with Gasteiger partial charge in [0.25, 0.3) is 0 Å². The van der Waals surface area contributed by atoms with Gasteiger partial charge in [-0.05, 0) is 96.3 Å². The van der Waals surface area contributed by atoms with Crippen LogP contribution in [0.25, 0.3) is 5.57 Å². The first kappa shape index (κ1) is 15.6. The molecule has 2 heterocycles. The maximum Gasteiger partial charge on any atom is 0.0740 e. The van der Waals surface area contributed by atoms with Gasteiger partial charge < -0.3 is 5.32 Å². The average molecular weight is 437 g/mol. The molecule has 0 spiro atoms. The van der Waals surface area contributed by atoms with Gasteiger partial charge >= 0.3 is 0 Å². The van der Waals surface area contributed by atoms with Gasteiger partial charge in [-0.2, -0.15) is 0 Å². The summed E-state index contributed by atoms with van der Waals surface area (Å²) in [7, 11) is 0. The fraction of sp³-hybridized carbons (Fsp3) is 0.316. The molecule has 2 aromatic rings. The summed E-state index contributed by atoms with van der Waals surface area (Å²) in [4.78, 5) is 4.84. The summed E-state index contributed by atoms with van der Waals surface area (Å²) in [6, 6.07) is 8.63. The van der Waals surface area contributed by atoms with Crippen LogP contribution in [-0.4, -0.2) is 18.1 Å². The number of aryl methyl sites for hydroxylation is 2. The Bertz CT molecular complexity index is 734. The van der Waals surface area contributed by atoms with Crippen molar-refractivity contribution in [1.82, 2.24) is 10.3 Å². The van der Waals surface area contributed by atoms with E-state index in [1.807, 2.05) is 12.3 Å². The van der Waals surface area contributed by atoms with Gasteiger partial charge in [0.15, 0.2) is 0 Å². The molecule has 1 fully saturated rings. The first-order valence-electron chi connectivity index (χ1n) is 8.09. The summed E-state index contributed by atoms with van der Waals surface area (Å²) < 4.78 is 1.21. The predicted molar refractivity (Wildman–Crippen MR) is 104 cm³/mol. The molecule has 1 N–H and O–H groups in total. The number of halogens is 2. The zero-order chi connectivity index (χ0) is 15.8. The van der Waals surface area contributed by atoms with E-state index in [4.69, 9.17) is 16.6 Å². The van der Waals surface area contributed by atoms with Crippen molar-refractivity contribution < 1.29 is 0 Å². The highest BCUT2D eigenvalue weighted by molar-refractivity contribution is 14.1. The zero-order valence-corrected chi connectivity index (χ0v) is 15.7. The van der Waals surface area contributed by atoms with Gasteiger partial charge in [-0.1, -0.05) is 23.2 Å². The molecule has 0 saturated carbocycles. The molecule has 1 aliphatic heterocycles. The zero-order valence-electron chi connectivity index (χ0n) is 12.8. The third-order valence-corrected chi connectivity index (χ3v) is 5.56. The predicted octanol–water partition coefficient (Wildman–Crippen LogP) is 4.62. The van der Waals surface area contributed by atoms with E-state index in [-0.39, 0.29) is 0 Å². The lowest BCUT2D eigenvalue weighted by molar-refractivity contribution is 0.611. The standard InChI is InChI=1S/C19H18ClIN2/c20-15-3-4-17-13(9-15)1-2-14-10-16(21)11-23-19(14)18(17)12-5-7-22-8-6-12/h3-4,9-11,22H,1-2,5-8H2. The Balaban J connectivity index is 1.98. The van der Waals surface area contributed by atoms with E-state index < -0.39 is 0 Å². The van der Waals surface area contributed by atoms with Crippen LogP contribution in [0.2, 0.25) is 5.02 Å². The number of rotatable bonds is 0. The van der Waals surface area contributed by atoms with Gasteiger partial charge in [0.2, 0.25) is 0 Å². The number of fused-ring (bicyclic) bond motifs is 2. The highest BCUT2D eigenvalue weighted by Gasteiger charge is 2.23. The van der Waals surface area contributed by atoms with Gasteiger partial charge in [-0.15, -0.1) is 0 Å². The maximum absolute atomic E-state index is 6.26. The molecular formula is C19H18ClIN2. The van der Waals surface area contributed by atoms with E-state index in [1.54, 1.807) is 0 Å². The van der Waals surface area contributed by atoms with E-state index >= 15 is 0 Å². The summed E-state index contributed by atoms with van der Waals surface area (Å²) in [6.45, 7) is 2.11. The smallest absolute Gasteiger partial charge is 0.0740 e. The number of benzene rings is 1. The Kier molecular flexibility index (Phi) is 4.43. The van der Waals surface area contributed by atoms with E-state index in [0.29, 0.717) is 0 Å². The van der Waals surface area contributed by atoms with Crippen molar-refractivity contribution in [3.05, 3.63) is 67.0 Å². The van der Waals surface area contributed by atoms with Gasteiger partial charge in [-0.3, -0.25) is 4.98 Å². The van der Waals surface area contributed by atoms with Gasteiger partial charge in [0, 0.05) is 20.4 Å². The summed E-state index contributed by atoms with van der Waals surface area (Å²) in [6.07, 6.45) is 6.25. The van der Waals surface area contributed by atoms with Crippen LogP contribution >= 0.6 is 34.2 Å². The average Bonchev–Trinajstić information content (AvgIpc) is 2.72. The second-order valence-corrected chi connectivity index (χ2v) is 7.87. The lowest BCUT2D eigenvalue weighted by atomic mass is 9.89. The van der Waals surface area contributed by atoms with Crippen molar-refractivity contribution >= 4 is 39.8 Å². The molecule has 1 saturated heterocycles. The molecule has 2 nitrogen and oxygen atoms in total. The molecule has 0 amide bonds. The third kappa shape index (κ3) is 3.06. The molecule has 2 aliphatic rings. The maximum atomic E-state index is 6.26. The number of piperidine rings is 1. The van der Waals surface area contributed by atoms with Crippen LogP contribution in [0, 0.1) is 3.57 Å². The molecule has 23 heavy (non-hydrogen) atoms. The van der Waals surface area contributed by atoms with Crippen molar-refractivity contribution in [2.45, 2.75) is 25.7 Å². The SMILES string of the molecule is Clc1ccc2c(c1)CCc1cc(I)cnc1C2=C1CCNCC1. The second kappa shape index (κ2) is 6.54. The molecule has 1 aromatic heterocycles. The van der Waals surface area contributed by atoms with Crippen molar-refractivity contribution in [2.24, 2.45) is 0 Å². The topological polar surface area (TPSA) is 24.9 Å². The molecule has 0 atom stereocenters.